The quantitative estimate of drug-likeness (QED) is 0.115. The summed E-state index contributed by atoms with van der Waals surface area (Å²) in [4.78, 5) is 46.4. The average Bonchev–Trinajstić information content (AvgIpc) is 1.55. The van der Waals surface area contributed by atoms with Gasteiger partial charge in [-0.15, -0.1) is 0 Å². The molecule has 15 heterocycles. The molecule has 33 aromatic rings. The van der Waals surface area contributed by atoms with E-state index in [0.29, 0.717) is 29.5 Å². The van der Waals surface area contributed by atoms with Crippen molar-refractivity contribution in [2.24, 2.45) is 0 Å². The first-order chi connectivity index (χ1) is 74.4. The molecule has 0 atom stereocenters. The van der Waals surface area contributed by atoms with Crippen molar-refractivity contribution in [3.05, 3.63) is 491 Å². The van der Waals surface area contributed by atoms with E-state index in [9.17, 15) is 0 Å². The van der Waals surface area contributed by atoms with Gasteiger partial charge < -0.3 is 0 Å². The van der Waals surface area contributed by atoms with Crippen LogP contribution in [0.5, 0.6) is 0 Å². The van der Waals surface area contributed by atoms with Crippen LogP contribution in [0.4, 0.5) is 0 Å². The number of benzene rings is 18. The van der Waals surface area contributed by atoms with Crippen molar-refractivity contribution >= 4 is 166 Å². The zero-order valence-electron chi connectivity index (χ0n) is 80.2. The predicted molar refractivity (Wildman–Crippen MR) is 604 cm³/mol. The minimum absolute atomic E-state index is 0.507. The summed E-state index contributed by atoms with van der Waals surface area (Å²) in [6.07, 6.45) is 0. The average molecular weight is 1930 g/mol. The van der Waals surface area contributed by atoms with E-state index < -0.39 is 0 Å². The summed E-state index contributed by atoms with van der Waals surface area (Å²) in [6, 6.07) is 171. The number of rotatable bonds is 12. The lowest BCUT2D eigenvalue weighted by Crippen LogP contribution is -2.07. The van der Waals surface area contributed by atoms with Gasteiger partial charge in [0.2, 0.25) is 29.4 Å². The topological polar surface area (TPSA) is 172 Å². The molecular weight excluding hydrogens is 1840 g/mol. The number of fused-ring (bicyclic) bond motifs is 30. The lowest BCUT2D eigenvalue weighted by atomic mass is 10.1. The molecule has 0 fully saturated rings. The maximum atomic E-state index is 5.25. The number of nitrogens with zero attached hydrogens (tertiary/aromatic N) is 21. The third kappa shape index (κ3) is 13.1. The molecule has 150 heavy (non-hydrogen) atoms. The van der Waals surface area contributed by atoms with E-state index in [1.807, 2.05) is 97.1 Å². The van der Waals surface area contributed by atoms with E-state index in [0.717, 1.165) is 212 Å². The third-order valence-electron chi connectivity index (χ3n) is 29.4. The highest BCUT2D eigenvalue weighted by Crippen LogP contribution is 2.43. The second-order valence-electron chi connectivity index (χ2n) is 37.9. The van der Waals surface area contributed by atoms with Crippen molar-refractivity contribution in [2.75, 3.05) is 0 Å². The Hall–Kier alpha value is -21.0. The Bertz CT molecular complexity index is 10100. The van der Waals surface area contributed by atoms with Crippen LogP contribution in [0.15, 0.2) is 491 Å². The second-order valence-corrected chi connectivity index (χ2v) is 37.9. The number of hydrogen-bond donors (Lipinski definition) is 0. The SMILES string of the molecule is c1ccc(-c2cc(-c3ccccc3)nc(-n3c4ccc(-n5c6ccccc6n6c7ccccc7cc56)cc4n4c5ccccc5cc34)n2)cc1.c1ccc(-c2cc(-c3ccccc3)nc(-n3c4ccc(-n5c6ccccc6n6c7ccccc7nc56)cc4n4c5ccccc5cc34)n2)cc1.c1ccc(-c2nc(-c3ccccc3)nc(-n3c4ccc(-n5c6ccccc6n6c7ccccc7cc56)cc4n4c5ccccc5nc34)n2)cc1. The fourth-order valence-electron chi connectivity index (χ4n) is 22.7. The predicted octanol–water partition coefficient (Wildman–Crippen LogP) is 29.7. The molecule has 0 bridgehead atoms. The van der Waals surface area contributed by atoms with Crippen molar-refractivity contribution in [3.8, 4) is 103 Å². The number of hydrogen-bond acceptors (Lipinski definition) is 9. The number of imidazole rings is 8. The van der Waals surface area contributed by atoms with Crippen LogP contribution in [-0.4, -0.2) is 98.7 Å². The molecule has 0 spiro atoms. The molecule has 0 unspecified atom stereocenters. The minimum atomic E-state index is 0.507. The fourth-order valence-corrected chi connectivity index (χ4v) is 22.7. The Kier molecular flexibility index (Phi) is 18.6. The van der Waals surface area contributed by atoms with Gasteiger partial charge in [0.15, 0.2) is 11.6 Å². The normalized spacial score (nSPS) is 12.0. The lowest BCUT2D eigenvalue weighted by Gasteiger charge is -2.11. The van der Waals surface area contributed by atoms with Gasteiger partial charge >= 0.3 is 0 Å². The van der Waals surface area contributed by atoms with E-state index >= 15 is 0 Å². The van der Waals surface area contributed by atoms with Crippen LogP contribution in [0.3, 0.4) is 0 Å². The molecule has 18 aromatic carbocycles. The largest absolute Gasteiger partial charge is 0.294 e. The number of aromatic nitrogens is 21. The zero-order valence-corrected chi connectivity index (χ0v) is 80.2. The van der Waals surface area contributed by atoms with E-state index in [1.54, 1.807) is 0 Å². The van der Waals surface area contributed by atoms with Crippen molar-refractivity contribution in [3.63, 3.8) is 0 Å². The highest BCUT2D eigenvalue weighted by atomic mass is 15.3. The van der Waals surface area contributed by atoms with Gasteiger partial charge in [-0.2, -0.15) is 9.97 Å². The molecule has 33 rings (SSSR count). The zero-order chi connectivity index (χ0) is 98.3. The van der Waals surface area contributed by atoms with Crippen LogP contribution in [0.25, 0.3) is 269 Å². The fraction of sp³-hybridized carbons (Fsp3) is 0. The van der Waals surface area contributed by atoms with E-state index in [-0.39, 0.29) is 0 Å². The highest BCUT2D eigenvalue weighted by molar-refractivity contribution is 6.04. The minimum Gasteiger partial charge on any atom is -0.294 e. The first-order valence-corrected chi connectivity index (χ1v) is 50.2. The smallest absolute Gasteiger partial charge is 0.241 e. The first-order valence-electron chi connectivity index (χ1n) is 50.2. The Labute approximate surface area is 853 Å². The second kappa shape index (κ2) is 33.3. The van der Waals surface area contributed by atoms with Crippen LogP contribution in [0.1, 0.15) is 0 Å². The van der Waals surface area contributed by atoms with Crippen LogP contribution in [0.2, 0.25) is 0 Å². The Morgan fingerprint density at radius 1 is 0.133 bits per heavy atom. The van der Waals surface area contributed by atoms with Crippen molar-refractivity contribution in [1.29, 1.82) is 0 Å². The molecule has 0 aliphatic rings. The summed E-state index contributed by atoms with van der Waals surface area (Å²) in [7, 11) is 0. The molecule has 0 saturated heterocycles. The van der Waals surface area contributed by atoms with E-state index in [2.05, 4.69) is 448 Å². The highest BCUT2D eigenvalue weighted by Gasteiger charge is 2.29. The molecular formula is C129H81N21. The summed E-state index contributed by atoms with van der Waals surface area (Å²) >= 11 is 0. The van der Waals surface area contributed by atoms with Crippen LogP contribution < -0.4 is 0 Å². The van der Waals surface area contributed by atoms with E-state index in [1.165, 1.54) is 27.3 Å². The molecule has 0 amide bonds. The van der Waals surface area contributed by atoms with Crippen molar-refractivity contribution in [2.45, 2.75) is 0 Å². The monoisotopic (exact) mass is 1920 g/mol. The van der Waals surface area contributed by atoms with Gasteiger partial charge in [0.1, 0.15) is 22.6 Å². The van der Waals surface area contributed by atoms with Gasteiger partial charge in [0.05, 0.1) is 139 Å². The molecule has 0 aliphatic carbocycles. The van der Waals surface area contributed by atoms with Crippen molar-refractivity contribution < 1.29 is 0 Å². The summed E-state index contributed by atoms with van der Waals surface area (Å²) in [5.74, 6) is 4.57. The van der Waals surface area contributed by atoms with Crippen LogP contribution in [0, 0.1) is 0 Å². The number of para-hydroxylation sites is 14. The Balaban J connectivity index is 0.000000101. The Morgan fingerprint density at radius 2 is 0.373 bits per heavy atom. The standard InChI is InChI=1S/C44H28N6.C43H27N7.C42H26N8/c1-3-13-29(14-4-1)34-28-35(30-15-5-2-6-16-30)46-44(45-34)50-40-24-23-33(27-41(40)49-37-20-10-8-18-32(37)26-43(49)50)47-38-21-11-12-22-39(38)48-36-19-9-7-17-31(36)25-42(47)48;1-3-13-28(14-4-1)33-27-34(29-15-5-2-6-16-29)45-42(44-33)50-39-24-23-31(26-40(39)48-35-19-9-7-17-30(35)25-41(48)50)47-37-21-11-12-22-38(37)49-36-20-10-8-18-32(36)46-43(47)49;1-3-13-27(14-4-1)39-44-40(28-15-5-2-6-16-28)46-41(45-39)50-36-24-23-30(26-37(36)49-33-20-10-8-18-31(33)43-42(49)50)47-34-21-11-12-22-35(34)48-32-19-9-7-17-29(32)25-38(47)48/h1-28H;1-27H;1-26H. The summed E-state index contributed by atoms with van der Waals surface area (Å²) in [5.41, 5.74) is 38.5. The molecule has 702 valence electrons. The molecule has 15 aromatic heterocycles. The van der Waals surface area contributed by atoms with E-state index in [4.69, 9.17) is 44.9 Å². The van der Waals surface area contributed by atoms with Gasteiger partial charge in [0, 0.05) is 66.3 Å². The van der Waals surface area contributed by atoms with Crippen LogP contribution >= 0.6 is 0 Å². The molecule has 21 heteroatoms. The molecule has 0 radical (unpaired) electrons. The maximum Gasteiger partial charge on any atom is 0.241 e. The summed E-state index contributed by atoms with van der Waals surface area (Å²) in [5, 5.41) is 4.74. The van der Waals surface area contributed by atoms with Gasteiger partial charge in [-0.25, -0.2) is 39.5 Å². The maximum absolute atomic E-state index is 5.25. The molecule has 0 N–H and O–H groups in total. The van der Waals surface area contributed by atoms with Crippen molar-refractivity contribution in [1.82, 2.24) is 98.7 Å². The van der Waals surface area contributed by atoms with Gasteiger partial charge in [-0.3, -0.25) is 49.2 Å². The molecule has 21 nitrogen and oxygen atoms in total. The first kappa shape index (κ1) is 83.6. The Morgan fingerprint density at radius 3 is 0.733 bits per heavy atom. The van der Waals surface area contributed by atoms with Crippen LogP contribution in [-0.2, 0) is 0 Å². The molecule has 0 saturated carbocycles. The summed E-state index contributed by atoms with van der Waals surface area (Å²) in [6.45, 7) is 0. The summed E-state index contributed by atoms with van der Waals surface area (Å²) < 4.78 is 27.4. The lowest BCUT2D eigenvalue weighted by molar-refractivity contribution is 0.937. The van der Waals surface area contributed by atoms with Gasteiger partial charge in [-0.1, -0.05) is 315 Å². The van der Waals surface area contributed by atoms with Gasteiger partial charge in [0.25, 0.3) is 0 Å². The third-order valence-corrected chi connectivity index (χ3v) is 29.4. The van der Waals surface area contributed by atoms with Gasteiger partial charge in [-0.05, 0) is 176 Å². The molecule has 0 aliphatic heterocycles.